The summed E-state index contributed by atoms with van der Waals surface area (Å²) >= 11 is 0. The standard InChI is InChI=1S/C21H30FNO4/c1-4-26-21-17(6-5-11-24)18(14(2)3)12-19(27-21)20(25)23-13-15-7-9-16(22)10-8-15/h7-10,12,14,17-18,21,24H,4-6,11,13H2,1-3H3,(H,23,25)/t17-,18-,21-/m1/s1. The van der Waals surface area contributed by atoms with Crippen molar-refractivity contribution in [2.45, 2.75) is 46.4 Å². The Morgan fingerprint density at radius 1 is 1.33 bits per heavy atom. The maximum atomic E-state index is 13.0. The largest absolute Gasteiger partial charge is 0.459 e. The molecule has 0 spiro atoms. The molecule has 0 saturated heterocycles. The number of aliphatic hydroxyl groups is 1. The van der Waals surface area contributed by atoms with E-state index in [0.717, 1.165) is 12.0 Å². The Labute approximate surface area is 160 Å². The molecule has 1 aromatic rings. The SMILES string of the molecule is CCO[C@@H]1OC(C(=O)NCc2ccc(F)cc2)=C[C@H](C(C)C)[C@H]1CCCO. The molecule has 1 aliphatic rings. The minimum atomic E-state index is -0.509. The second kappa shape index (κ2) is 10.4. The van der Waals surface area contributed by atoms with E-state index in [0.29, 0.717) is 25.5 Å². The number of rotatable bonds is 9. The van der Waals surface area contributed by atoms with Crippen molar-refractivity contribution in [3.63, 3.8) is 0 Å². The van der Waals surface area contributed by atoms with Crippen molar-refractivity contribution in [2.24, 2.45) is 17.8 Å². The first-order valence-corrected chi connectivity index (χ1v) is 9.59. The highest BCUT2D eigenvalue weighted by Gasteiger charge is 2.38. The number of allylic oxidation sites excluding steroid dienone is 1. The summed E-state index contributed by atoms with van der Waals surface area (Å²) in [5, 5.41) is 12.0. The van der Waals surface area contributed by atoms with Crippen molar-refractivity contribution in [2.75, 3.05) is 13.2 Å². The molecule has 5 nitrogen and oxygen atoms in total. The highest BCUT2D eigenvalue weighted by Crippen LogP contribution is 2.37. The van der Waals surface area contributed by atoms with E-state index in [2.05, 4.69) is 19.2 Å². The van der Waals surface area contributed by atoms with Crippen LogP contribution in [0.25, 0.3) is 0 Å². The molecule has 0 saturated carbocycles. The summed E-state index contributed by atoms with van der Waals surface area (Å²) in [5.41, 5.74) is 0.809. The van der Waals surface area contributed by atoms with Crippen LogP contribution in [0, 0.1) is 23.6 Å². The van der Waals surface area contributed by atoms with Crippen LogP contribution in [0.4, 0.5) is 4.39 Å². The van der Waals surface area contributed by atoms with Gasteiger partial charge >= 0.3 is 0 Å². The third-order valence-corrected chi connectivity index (χ3v) is 4.82. The molecule has 2 N–H and O–H groups in total. The zero-order valence-electron chi connectivity index (χ0n) is 16.3. The van der Waals surface area contributed by atoms with E-state index in [1.807, 2.05) is 13.0 Å². The lowest BCUT2D eigenvalue weighted by atomic mass is 9.78. The molecule has 0 aromatic heterocycles. The third-order valence-electron chi connectivity index (χ3n) is 4.82. The third kappa shape index (κ3) is 6.04. The predicted molar refractivity (Wildman–Crippen MR) is 101 cm³/mol. The Kier molecular flexibility index (Phi) is 8.25. The number of hydrogen-bond acceptors (Lipinski definition) is 4. The first-order chi connectivity index (χ1) is 13.0. The summed E-state index contributed by atoms with van der Waals surface area (Å²) in [7, 11) is 0. The number of aliphatic hydroxyl groups excluding tert-OH is 1. The fraction of sp³-hybridized carbons (Fsp3) is 0.571. The summed E-state index contributed by atoms with van der Waals surface area (Å²) in [6.07, 6.45) is 2.80. The van der Waals surface area contributed by atoms with Gasteiger partial charge in [0, 0.05) is 25.7 Å². The zero-order chi connectivity index (χ0) is 19.8. The molecule has 1 aliphatic heterocycles. The van der Waals surface area contributed by atoms with Crippen LogP contribution in [0.3, 0.4) is 0 Å². The molecular weight excluding hydrogens is 349 g/mol. The van der Waals surface area contributed by atoms with E-state index in [9.17, 15) is 14.3 Å². The van der Waals surface area contributed by atoms with Crippen LogP contribution in [0.1, 0.15) is 39.2 Å². The number of amides is 1. The van der Waals surface area contributed by atoms with Gasteiger partial charge < -0.3 is 19.9 Å². The second-order valence-corrected chi connectivity index (χ2v) is 7.13. The van der Waals surface area contributed by atoms with E-state index >= 15 is 0 Å². The van der Waals surface area contributed by atoms with Gasteiger partial charge in [-0.15, -0.1) is 0 Å². The van der Waals surface area contributed by atoms with Crippen LogP contribution in [0.2, 0.25) is 0 Å². The number of halogens is 1. The Bertz CT molecular complexity index is 630. The minimum absolute atomic E-state index is 0.0887. The molecule has 1 heterocycles. The number of carbonyl (C=O) groups excluding carboxylic acids is 1. The van der Waals surface area contributed by atoms with Gasteiger partial charge in [-0.3, -0.25) is 4.79 Å². The Balaban J connectivity index is 2.10. The van der Waals surface area contributed by atoms with Crippen LogP contribution in [-0.2, 0) is 20.8 Å². The number of hydrogen-bond donors (Lipinski definition) is 2. The summed E-state index contributed by atoms with van der Waals surface area (Å²) in [5.74, 6) is 0.154. The molecule has 3 atom stereocenters. The summed E-state index contributed by atoms with van der Waals surface area (Å²) < 4.78 is 24.6. The van der Waals surface area contributed by atoms with E-state index in [1.165, 1.54) is 12.1 Å². The molecular formula is C21H30FNO4. The van der Waals surface area contributed by atoms with Crippen LogP contribution < -0.4 is 5.32 Å². The van der Waals surface area contributed by atoms with Gasteiger partial charge in [0.25, 0.3) is 5.91 Å². The van der Waals surface area contributed by atoms with Gasteiger partial charge in [0.1, 0.15) is 5.82 Å². The van der Waals surface area contributed by atoms with E-state index in [-0.39, 0.29) is 35.9 Å². The minimum Gasteiger partial charge on any atom is -0.459 e. The molecule has 0 unspecified atom stereocenters. The van der Waals surface area contributed by atoms with Gasteiger partial charge in [-0.1, -0.05) is 26.0 Å². The lowest BCUT2D eigenvalue weighted by Gasteiger charge is -2.38. The predicted octanol–water partition coefficient (Wildman–Crippen LogP) is 3.38. The highest BCUT2D eigenvalue weighted by atomic mass is 19.1. The lowest BCUT2D eigenvalue weighted by molar-refractivity contribution is -0.175. The quantitative estimate of drug-likeness (QED) is 0.690. The molecule has 0 bridgehead atoms. The molecule has 27 heavy (non-hydrogen) atoms. The van der Waals surface area contributed by atoms with Gasteiger partial charge in [-0.2, -0.15) is 0 Å². The van der Waals surface area contributed by atoms with Crippen molar-refractivity contribution < 1.29 is 23.8 Å². The average molecular weight is 379 g/mol. The normalized spacial score (nSPS) is 22.3. The van der Waals surface area contributed by atoms with E-state index < -0.39 is 6.29 Å². The molecule has 0 fully saturated rings. The topological polar surface area (TPSA) is 67.8 Å². The van der Waals surface area contributed by atoms with Crippen molar-refractivity contribution in [1.29, 1.82) is 0 Å². The van der Waals surface area contributed by atoms with Crippen molar-refractivity contribution in [1.82, 2.24) is 5.32 Å². The molecule has 1 aromatic carbocycles. The molecule has 2 rings (SSSR count). The van der Waals surface area contributed by atoms with Crippen LogP contribution in [-0.4, -0.2) is 30.5 Å². The molecule has 0 aliphatic carbocycles. The number of benzene rings is 1. The molecule has 150 valence electrons. The van der Waals surface area contributed by atoms with Gasteiger partial charge in [-0.05, 0) is 55.4 Å². The summed E-state index contributed by atoms with van der Waals surface area (Å²) in [4.78, 5) is 12.6. The average Bonchev–Trinajstić information content (AvgIpc) is 2.65. The molecule has 6 heteroatoms. The summed E-state index contributed by atoms with van der Waals surface area (Å²) in [6.45, 7) is 7.00. The zero-order valence-corrected chi connectivity index (χ0v) is 16.3. The molecule has 0 radical (unpaired) electrons. The van der Waals surface area contributed by atoms with Crippen LogP contribution >= 0.6 is 0 Å². The fourth-order valence-electron chi connectivity index (χ4n) is 3.40. The number of carbonyl (C=O) groups is 1. The Morgan fingerprint density at radius 3 is 2.63 bits per heavy atom. The molecule has 1 amide bonds. The smallest absolute Gasteiger partial charge is 0.286 e. The van der Waals surface area contributed by atoms with Crippen LogP contribution in [0.5, 0.6) is 0 Å². The van der Waals surface area contributed by atoms with Gasteiger partial charge in [0.15, 0.2) is 5.76 Å². The first kappa shape index (κ1) is 21.4. The second-order valence-electron chi connectivity index (χ2n) is 7.13. The first-order valence-electron chi connectivity index (χ1n) is 9.59. The maximum Gasteiger partial charge on any atom is 0.286 e. The van der Waals surface area contributed by atoms with Gasteiger partial charge in [-0.25, -0.2) is 4.39 Å². The van der Waals surface area contributed by atoms with Crippen molar-refractivity contribution in [3.8, 4) is 0 Å². The van der Waals surface area contributed by atoms with E-state index in [4.69, 9.17) is 9.47 Å². The summed E-state index contributed by atoms with van der Waals surface area (Å²) in [6, 6.07) is 6.00. The monoisotopic (exact) mass is 379 g/mol. The van der Waals surface area contributed by atoms with Gasteiger partial charge in [0.05, 0.1) is 0 Å². The number of ether oxygens (including phenoxy) is 2. The van der Waals surface area contributed by atoms with Crippen molar-refractivity contribution in [3.05, 3.63) is 47.5 Å². The fourth-order valence-corrected chi connectivity index (χ4v) is 3.40. The maximum absolute atomic E-state index is 13.0. The van der Waals surface area contributed by atoms with Crippen molar-refractivity contribution >= 4 is 5.91 Å². The number of nitrogens with one attached hydrogen (secondary N) is 1. The van der Waals surface area contributed by atoms with Gasteiger partial charge in [0.2, 0.25) is 6.29 Å². The van der Waals surface area contributed by atoms with Crippen LogP contribution in [0.15, 0.2) is 36.1 Å². The Morgan fingerprint density at radius 2 is 2.04 bits per heavy atom. The highest BCUT2D eigenvalue weighted by molar-refractivity contribution is 5.91. The lowest BCUT2D eigenvalue weighted by Crippen LogP contribution is -2.41. The Hall–Kier alpha value is -1.92. The van der Waals surface area contributed by atoms with E-state index in [1.54, 1.807) is 12.1 Å².